The standard InChI is InChI=1S/C12H13ClN2OS/c1-6-4-9(16-3)10(7(2)11(6)13)8-5-17-12(14)15-8/h4-5H,1-3H3,(H2,14,15). The zero-order valence-electron chi connectivity index (χ0n) is 9.87. The summed E-state index contributed by atoms with van der Waals surface area (Å²) in [7, 11) is 1.64. The topological polar surface area (TPSA) is 48.1 Å². The average Bonchev–Trinajstić information content (AvgIpc) is 2.71. The molecule has 2 aromatic rings. The van der Waals surface area contributed by atoms with E-state index in [4.69, 9.17) is 22.1 Å². The van der Waals surface area contributed by atoms with E-state index in [1.54, 1.807) is 7.11 Å². The molecule has 5 heteroatoms. The number of anilines is 1. The van der Waals surface area contributed by atoms with Crippen molar-refractivity contribution in [3.63, 3.8) is 0 Å². The number of aromatic nitrogens is 1. The molecule has 0 saturated carbocycles. The molecule has 90 valence electrons. The number of methoxy groups -OCH3 is 1. The van der Waals surface area contributed by atoms with Gasteiger partial charge in [-0.05, 0) is 31.0 Å². The van der Waals surface area contributed by atoms with Crippen LogP contribution in [0.5, 0.6) is 5.75 Å². The Labute approximate surface area is 109 Å². The number of nitrogens with zero attached hydrogens (tertiary/aromatic N) is 1. The normalized spacial score (nSPS) is 10.6. The van der Waals surface area contributed by atoms with Gasteiger partial charge < -0.3 is 10.5 Å². The fraction of sp³-hybridized carbons (Fsp3) is 0.250. The number of hydrogen-bond acceptors (Lipinski definition) is 4. The quantitative estimate of drug-likeness (QED) is 0.904. The van der Waals surface area contributed by atoms with Gasteiger partial charge in [0.25, 0.3) is 0 Å². The predicted octanol–water partition coefficient (Wildman–Crippen LogP) is 3.67. The van der Waals surface area contributed by atoms with Crippen molar-refractivity contribution in [2.75, 3.05) is 12.8 Å². The molecule has 2 rings (SSSR count). The second-order valence-electron chi connectivity index (χ2n) is 3.78. The second-order valence-corrected chi connectivity index (χ2v) is 5.05. The molecule has 3 nitrogen and oxygen atoms in total. The van der Waals surface area contributed by atoms with Crippen molar-refractivity contribution in [2.24, 2.45) is 0 Å². The molecule has 0 aliphatic carbocycles. The van der Waals surface area contributed by atoms with Crippen molar-refractivity contribution in [2.45, 2.75) is 13.8 Å². The molecule has 0 fully saturated rings. The van der Waals surface area contributed by atoms with Crippen molar-refractivity contribution >= 4 is 28.1 Å². The second kappa shape index (κ2) is 4.55. The van der Waals surface area contributed by atoms with Crippen molar-refractivity contribution in [1.82, 2.24) is 4.98 Å². The third-order valence-electron chi connectivity index (χ3n) is 2.64. The van der Waals surface area contributed by atoms with E-state index in [2.05, 4.69) is 4.98 Å². The molecule has 1 aromatic heterocycles. The van der Waals surface area contributed by atoms with Crippen LogP contribution in [0.3, 0.4) is 0 Å². The van der Waals surface area contributed by atoms with Crippen molar-refractivity contribution in [3.8, 4) is 17.0 Å². The van der Waals surface area contributed by atoms with Crippen molar-refractivity contribution < 1.29 is 4.74 Å². The zero-order chi connectivity index (χ0) is 12.6. The summed E-state index contributed by atoms with van der Waals surface area (Å²) < 4.78 is 5.39. The molecule has 17 heavy (non-hydrogen) atoms. The number of nitrogen functional groups attached to an aromatic ring is 1. The lowest BCUT2D eigenvalue weighted by Gasteiger charge is -2.13. The molecule has 0 radical (unpaired) electrons. The number of nitrogens with two attached hydrogens (primary N) is 1. The highest BCUT2D eigenvalue weighted by molar-refractivity contribution is 7.13. The summed E-state index contributed by atoms with van der Waals surface area (Å²) in [6, 6.07) is 1.92. The summed E-state index contributed by atoms with van der Waals surface area (Å²) in [5.74, 6) is 0.773. The van der Waals surface area contributed by atoms with Gasteiger partial charge in [0.1, 0.15) is 5.75 Å². The Balaban J connectivity index is 2.71. The Kier molecular flexibility index (Phi) is 3.26. The van der Waals surface area contributed by atoms with Crippen LogP contribution in [0.1, 0.15) is 11.1 Å². The maximum atomic E-state index is 6.26. The van der Waals surface area contributed by atoms with Gasteiger partial charge in [-0.2, -0.15) is 0 Å². The lowest BCUT2D eigenvalue weighted by atomic mass is 10.0. The van der Waals surface area contributed by atoms with E-state index in [0.29, 0.717) is 5.13 Å². The monoisotopic (exact) mass is 268 g/mol. The Hall–Kier alpha value is -1.26. The first kappa shape index (κ1) is 12.2. The van der Waals surface area contributed by atoms with Crippen LogP contribution in [0.15, 0.2) is 11.4 Å². The van der Waals surface area contributed by atoms with Gasteiger partial charge in [0, 0.05) is 16.0 Å². The number of thiazole rings is 1. The molecule has 1 aromatic carbocycles. The lowest BCUT2D eigenvalue weighted by molar-refractivity contribution is 0.415. The smallest absolute Gasteiger partial charge is 0.180 e. The van der Waals surface area contributed by atoms with Gasteiger partial charge in [-0.1, -0.05) is 11.6 Å². The molecule has 0 spiro atoms. The van der Waals surface area contributed by atoms with Gasteiger partial charge in [-0.15, -0.1) is 11.3 Å². The number of ether oxygens (including phenoxy) is 1. The van der Waals surface area contributed by atoms with E-state index in [1.807, 2.05) is 25.3 Å². The number of halogens is 1. The first-order valence-electron chi connectivity index (χ1n) is 5.09. The molecule has 2 N–H and O–H groups in total. The van der Waals surface area contributed by atoms with Crippen LogP contribution in [-0.2, 0) is 0 Å². The number of aryl methyl sites for hydroxylation is 1. The summed E-state index contributed by atoms with van der Waals surface area (Å²) in [5, 5.41) is 3.19. The van der Waals surface area contributed by atoms with E-state index < -0.39 is 0 Å². The van der Waals surface area contributed by atoms with Gasteiger partial charge in [-0.25, -0.2) is 4.98 Å². The van der Waals surface area contributed by atoms with Gasteiger partial charge >= 0.3 is 0 Å². The predicted molar refractivity (Wildman–Crippen MR) is 73.0 cm³/mol. The molecule has 0 saturated heterocycles. The van der Waals surface area contributed by atoms with Crippen LogP contribution in [0.25, 0.3) is 11.3 Å². The number of hydrogen-bond donors (Lipinski definition) is 1. The van der Waals surface area contributed by atoms with E-state index in [9.17, 15) is 0 Å². The average molecular weight is 269 g/mol. The Morgan fingerprint density at radius 3 is 2.65 bits per heavy atom. The molecule has 1 heterocycles. The highest BCUT2D eigenvalue weighted by Crippen LogP contribution is 2.39. The molecule has 0 bridgehead atoms. The Bertz CT molecular complexity index is 566. The summed E-state index contributed by atoms with van der Waals surface area (Å²) in [6.45, 7) is 3.92. The van der Waals surface area contributed by atoms with Crippen molar-refractivity contribution in [1.29, 1.82) is 0 Å². The maximum absolute atomic E-state index is 6.26. The molecule has 0 atom stereocenters. The largest absolute Gasteiger partial charge is 0.496 e. The minimum atomic E-state index is 0.540. The van der Waals surface area contributed by atoms with Gasteiger partial charge in [0.15, 0.2) is 5.13 Å². The van der Waals surface area contributed by atoms with Crippen LogP contribution in [0.4, 0.5) is 5.13 Å². The van der Waals surface area contributed by atoms with E-state index >= 15 is 0 Å². The van der Waals surface area contributed by atoms with E-state index in [0.717, 1.165) is 33.2 Å². The molecule has 0 unspecified atom stereocenters. The van der Waals surface area contributed by atoms with Crippen molar-refractivity contribution in [3.05, 3.63) is 27.6 Å². The van der Waals surface area contributed by atoms with E-state index in [-0.39, 0.29) is 0 Å². The van der Waals surface area contributed by atoms with Crippen LogP contribution in [0.2, 0.25) is 5.02 Å². The molecule has 0 aliphatic rings. The van der Waals surface area contributed by atoms with Crippen LogP contribution in [-0.4, -0.2) is 12.1 Å². The first-order chi connectivity index (χ1) is 8.04. The third-order valence-corrected chi connectivity index (χ3v) is 3.90. The summed E-state index contributed by atoms with van der Waals surface area (Å²) in [6.07, 6.45) is 0. The van der Waals surface area contributed by atoms with Crippen LogP contribution in [0, 0.1) is 13.8 Å². The van der Waals surface area contributed by atoms with Gasteiger partial charge in [0.2, 0.25) is 0 Å². The molecular weight excluding hydrogens is 256 g/mol. The maximum Gasteiger partial charge on any atom is 0.180 e. The number of rotatable bonds is 2. The fourth-order valence-electron chi connectivity index (χ4n) is 1.80. The highest BCUT2D eigenvalue weighted by atomic mass is 35.5. The molecule has 0 aliphatic heterocycles. The minimum Gasteiger partial charge on any atom is -0.496 e. The summed E-state index contributed by atoms with van der Waals surface area (Å²) in [4.78, 5) is 4.28. The lowest BCUT2D eigenvalue weighted by Crippen LogP contribution is -1.95. The minimum absolute atomic E-state index is 0.540. The first-order valence-corrected chi connectivity index (χ1v) is 6.35. The van der Waals surface area contributed by atoms with Crippen LogP contribution < -0.4 is 10.5 Å². The van der Waals surface area contributed by atoms with Gasteiger partial charge in [0.05, 0.1) is 12.8 Å². The SMILES string of the molecule is COc1cc(C)c(Cl)c(C)c1-c1csc(N)n1. The highest BCUT2D eigenvalue weighted by Gasteiger charge is 2.16. The third kappa shape index (κ3) is 2.10. The summed E-state index contributed by atoms with van der Waals surface area (Å²) in [5.41, 5.74) is 9.34. The number of benzene rings is 1. The van der Waals surface area contributed by atoms with E-state index in [1.165, 1.54) is 11.3 Å². The zero-order valence-corrected chi connectivity index (χ0v) is 11.4. The van der Waals surface area contributed by atoms with Crippen LogP contribution >= 0.6 is 22.9 Å². The Morgan fingerprint density at radius 1 is 1.41 bits per heavy atom. The summed E-state index contributed by atoms with van der Waals surface area (Å²) >= 11 is 7.66. The fourth-order valence-corrected chi connectivity index (χ4v) is 2.51. The van der Waals surface area contributed by atoms with Gasteiger partial charge in [-0.3, -0.25) is 0 Å². The molecular formula is C12H13ClN2OS. The Morgan fingerprint density at radius 2 is 2.12 bits per heavy atom. The molecule has 0 amide bonds.